The number of carbonyl (C=O) groups excluding carboxylic acids is 1. The number of benzene rings is 1. The Morgan fingerprint density at radius 3 is 2.52 bits per heavy atom. The van der Waals surface area contributed by atoms with E-state index in [0.717, 1.165) is 31.5 Å². The van der Waals surface area contributed by atoms with Gasteiger partial charge in [-0.1, -0.05) is 30.3 Å². The van der Waals surface area contributed by atoms with E-state index in [1.54, 1.807) is 0 Å². The third-order valence-electron chi connectivity index (χ3n) is 5.33. The van der Waals surface area contributed by atoms with Crippen molar-refractivity contribution in [2.75, 3.05) is 26.2 Å². The number of carbonyl (C=O) groups is 1. The van der Waals surface area contributed by atoms with Crippen molar-refractivity contribution in [2.24, 2.45) is 5.73 Å². The second-order valence-electron chi connectivity index (χ2n) is 6.93. The van der Waals surface area contributed by atoms with Crippen molar-refractivity contribution in [3.63, 3.8) is 0 Å². The Hall–Kier alpha value is -1.39. The van der Waals surface area contributed by atoms with E-state index >= 15 is 0 Å². The molecule has 2 aliphatic rings. The lowest BCUT2D eigenvalue weighted by atomic mass is 10.0. The second kappa shape index (κ2) is 7.93. The van der Waals surface area contributed by atoms with Gasteiger partial charge in [-0.05, 0) is 50.8 Å². The van der Waals surface area contributed by atoms with E-state index in [9.17, 15) is 4.79 Å². The van der Waals surface area contributed by atoms with Crippen molar-refractivity contribution >= 4 is 5.91 Å². The van der Waals surface area contributed by atoms with Crippen LogP contribution in [0, 0.1) is 0 Å². The molecule has 4 nitrogen and oxygen atoms in total. The van der Waals surface area contributed by atoms with Crippen molar-refractivity contribution in [1.29, 1.82) is 0 Å². The average Bonchev–Trinajstić information content (AvgIpc) is 3.00. The molecular weight excluding hydrogens is 286 g/mol. The van der Waals surface area contributed by atoms with Gasteiger partial charge in [-0.15, -0.1) is 0 Å². The number of nitrogens with two attached hydrogens (primary N) is 1. The fourth-order valence-corrected chi connectivity index (χ4v) is 3.94. The van der Waals surface area contributed by atoms with E-state index < -0.39 is 0 Å². The topological polar surface area (TPSA) is 49.6 Å². The molecular formula is C19H29N3O. The largest absolute Gasteiger partial charge is 0.343 e. The van der Waals surface area contributed by atoms with Crippen molar-refractivity contribution in [3.05, 3.63) is 35.9 Å². The summed E-state index contributed by atoms with van der Waals surface area (Å²) >= 11 is 0. The highest BCUT2D eigenvalue weighted by Crippen LogP contribution is 2.22. The molecule has 0 aromatic heterocycles. The standard InChI is InChI=1S/C19H29N3O/c20-18(16-7-2-1-3-8-16)15-19(23)22-13-6-9-17(10-14-22)21-11-4-5-12-21/h1-3,7-8,17-18H,4-6,9-15,20H2. The molecule has 2 saturated heterocycles. The van der Waals surface area contributed by atoms with Crippen LogP contribution in [0.1, 0.15) is 50.1 Å². The Labute approximate surface area is 139 Å². The third-order valence-corrected chi connectivity index (χ3v) is 5.33. The van der Waals surface area contributed by atoms with Gasteiger partial charge in [0.1, 0.15) is 0 Å². The van der Waals surface area contributed by atoms with E-state index in [4.69, 9.17) is 5.73 Å². The summed E-state index contributed by atoms with van der Waals surface area (Å²) in [7, 11) is 0. The molecule has 2 heterocycles. The van der Waals surface area contributed by atoms with Gasteiger partial charge in [-0.25, -0.2) is 0 Å². The van der Waals surface area contributed by atoms with Crippen molar-refractivity contribution in [1.82, 2.24) is 9.80 Å². The summed E-state index contributed by atoms with van der Waals surface area (Å²) < 4.78 is 0. The minimum atomic E-state index is -0.193. The first kappa shape index (κ1) is 16.5. The van der Waals surface area contributed by atoms with Crippen molar-refractivity contribution in [3.8, 4) is 0 Å². The van der Waals surface area contributed by atoms with Crippen LogP contribution in [0.4, 0.5) is 0 Å². The van der Waals surface area contributed by atoms with Gasteiger partial charge in [0.05, 0.1) is 0 Å². The molecule has 1 amide bonds. The number of rotatable bonds is 4. The zero-order valence-electron chi connectivity index (χ0n) is 14.0. The number of amides is 1. The lowest BCUT2D eigenvalue weighted by molar-refractivity contribution is -0.131. The highest BCUT2D eigenvalue weighted by Gasteiger charge is 2.26. The summed E-state index contributed by atoms with van der Waals surface area (Å²) in [6.07, 6.45) is 6.56. The molecule has 0 saturated carbocycles. The smallest absolute Gasteiger partial charge is 0.224 e. The lowest BCUT2D eigenvalue weighted by Gasteiger charge is -2.26. The zero-order valence-corrected chi connectivity index (χ0v) is 14.0. The molecule has 0 bridgehead atoms. The van der Waals surface area contributed by atoms with E-state index in [-0.39, 0.29) is 11.9 Å². The Bertz CT molecular complexity index is 499. The first-order valence-corrected chi connectivity index (χ1v) is 9.06. The molecule has 0 spiro atoms. The van der Waals surface area contributed by atoms with Gasteiger partial charge in [-0.2, -0.15) is 0 Å². The average molecular weight is 315 g/mol. The van der Waals surface area contributed by atoms with Gasteiger partial charge >= 0.3 is 0 Å². The monoisotopic (exact) mass is 315 g/mol. The predicted molar refractivity (Wildman–Crippen MR) is 93.0 cm³/mol. The second-order valence-corrected chi connectivity index (χ2v) is 6.93. The first-order valence-electron chi connectivity index (χ1n) is 9.06. The fourth-order valence-electron chi connectivity index (χ4n) is 3.94. The number of hydrogen-bond acceptors (Lipinski definition) is 3. The minimum absolute atomic E-state index is 0.193. The zero-order chi connectivity index (χ0) is 16.1. The molecule has 126 valence electrons. The van der Waals surface area contributed by atoms with Gasteiger partial charge in [-0.3, -0.25) is 4.79 Å². The van der Waals surface area contributed by atoms with Crippen LogP contribution in [-0.4, -0.2) is 47.9 Å². The van der Waals surface area contributed by atoms with Gasteiger partial charge < -0.3 is 15.5 Å². The SMILES string of the molecule is NC(CC(=O)N1CCCC(N2CCCC2)CC1)c1ccccc1. The van der Waals surface area contributed by atoms with E-state index in [1.807, 2.05) is 35.2 Å². The Balaban J connectivity index is 1.51. The molecule has 2 N–H and O–H groups in total. The summed E-state index contributed by atoms with van der Waals surface area (Å²) in [5.74, 6) is 0.212. The fraction of sp³-hybridized carbons (Fsp3) is 0.632. The molecule has 2 aliphatic heterocycles. The van der Waals surface area contributed by atoms with E-state index in [0.29, 0.717) is 12.5 Å². The summed E-state index contributed by atoms with van der Waals surface area (Å²) in [4.78, 5) is 17.3. The highest BCUT2D eigenvalue weighted by atomic mass is 16.2. The van der Waals surface area contributed by atoms with Crippen LogP contribution in [-0.2, 0) is 4.79 Å². The maximum Gasteiger partial charge on any atom is 0.224 e. The number of likely N-dealkylation sites (tertiary alicyclic amines) is 2. The molecule has 2 fully saturated rings. The van der Waals surface area contributed by atoms with E-state index in [1.165, 1.54) is 32.4 Å². The molecule has 2 unspecified atom stereocenters. The minimum Gasteiger partial charge on any atom is -0.343 e. The van der Waals surface area contributed by atoms with Crippen LogP contribution in [0.15, 0.2) is 30.3 Å². The lowest BCUT2D eigenvalue weighted by Crippen LogP contribution is -2.36. The molecule has 1 aromatic carbocycles. The van der Waals surface area contributed by atoms with E-state index in [2.05, 4.69) is 4.90 Å². The van der Waals surface area contributed by atoms with Crippen LogP contribution in [0.2, 0.25) is 0 Å². The van der Waals surface area contributed by atoms with Crippen LogP contribution >= 0.6 is 0 Å². The van der Waals surface area contributed by atoms with Crippen LogP contribution in [0.25, 0.3) is 0 Å². The Morgan fingerprint density at radius 2 is 1.78 bits per heavy atom. The maximum atomic E-state index is 12.6. The van der Waals surface area contributed by atoms with Crippen molar-refractivity contribution in [2.45, 2.75) is 50.6 Å². The molecule has 0 aliphatic carbocycles. The summed E-state index contributed by atoms with van der Waals surface area (Å²) in [5, 5.41) is 0. The maximum absolute atomic E-state index is 12.6. The summed E-state index contributed by atoms with van der Waals surface area (Å²) in [5.41, 5.74) is 7.26. The summed E-state index contributed by atoms with van der Waals surface area (Å²) in [6.45, 7) is 4.28. The first-order chi connectivity index (χ1) is 11.2. The Kier molecular flexibility index (Phi) is 5.68. The number of nitrogens with zero attached hydrogens (tertiary/aromatic N) is 2. The van der Waals surface area contributed by atoms with Crippen LogP contribution < -0.4 is 5.73 Å². The molecule has 1 aromatic rings. The predicted octanol–water partition coefficient (Wildman–Crippen LogP) is 2.55. The molecule has 3 rings (SSSR count). The normalized spacial score (nSPS) is 24.4. The van der Waals surface area contributed by atoms with Crippen LogP contribution in [0.5, 0.6) is 0 Å². The highest BCUT2D eigenvalue weighted by molar-refractivity contribution is 5.77. The molecule has 4 heteroatoms. The Morgan fingerprint density at radius 1 is 1.04 bits per heavy atom. The van der Waals surface area contributed by atoms with Gasteiger partial charge in [0, 0.05) is 31.6 Å². The molecule has 2 atom stereocenters. The quantitative estimate of drug-likeness (QED) is 0.929. The molecule has 0 radical (unpaired) electrons. The van der Waals surface area contributed by atoms with Gasteiger partial charge in [0.2, 0.25) is 5.91 Å². The van der Waals surface area contributed by atoms with Gasteiger partial charge in [0.25, 0.3) is 0 Å². The molecule has 23 heavy (non-hydrogen) atoms. The van der Waals surface area contributed by atoms with Crippen molar-refractivity contribution < 1.29 is 4.79 Å². The third kappa shape index (κ3) is 4.33. The number of hydrogen-bond donors (Lipinski definition) is 1. The van der Waals surface area contributed by atoms with Crippen LogP contribution in [0.3, 0.4) is 0 Å². The summed E-state index contributed by atoms with van der Waals surface area (Å²) in [6, 6.07) is 10.4. The van der Waals surface area contributed by atoms with Gasteiger partial charge in [0.15, 0.2) is 0 Å².